The van der Waals surface area contributed by atoms with Crippen LogP contribution >= 0.6 is 15.9 Å². The van der Waals surface area contributed by atoms with E-state index in [-0.39, 0.29) is 0 Å². The van der Waals surface area contributed by atoms with Gasteiger partial charge in [0.2, 0.25) is 0 Å². The van der Waals surface area contributed by atoms with Crippen LogP contribution in [0.1, 0.15) is 5.76 Å². The summed E-state index contributed by atoms with van der Waals surface area (Å²) in [5.41, 5.74) is 8.07. The maximum Gasteiger partial charge on any atom is 0.157 e. The molecular formula is C10H9BrN2O. The average Bonchev–Trinajstić information content (AvgIpc) is 2.50. The molecule has 2 N–H and O–H groups in total. The first kappa shape index (κ1) is 9.27. The van der Waals surface area contributed by atoms with E-state index in [2.05, 4.69) is 21.1 Å². The van der Waals surface area contributed by atoms with Gasteiger partial charge in [0.1, 0.15) is 11.4 Å². The van der Waals surface area contributed by atoms with Gasteiger partial charge < -0.3 is 10.3 Å². The molecule has 0 atom stereocenters. The second kappa shape index (κ2) is 3.46. The largest absolute Gasteiger partial charge is 0.394 e. The van der Waals surface area contributed by atoms with Gasteiger partial charge in [0, 0.05) is 10.0 Å². The Labute approximate surface area is 90.0 Å². The number of aryl methyl sites for hydroxylation is 1. The van der Waals surface area contributed by atoms with Gasteiger partial charge in [-0.3, -0.25) is 0 Å². The van der Waals surface area contributed by atoms with E-state index in [1.807, 2.05) is 24.3 Å². The fourth-order valence-electron chi connectivity index (χ4n) is 1.20. The van der Waals surface area contributed by atoms with Crippen molar-refractivity contribution in [3.05, 3.63) is 34.5 Å². The van der Waals surface area contributed by atoms with Crippen LogP contribution in [0, 0.1) is 6.92 Å². The highest BCUT2D eigenvalue weighted by atomic mass is 79.9. The number of anilines is 1. The molecule has 1 heterocycles. The number of rotatable bonds is 1. The minimum Gasteiger partial charge on any atom is -0.394 e. The van der Waals surface area contributed by atoms with E-state index in [9.17, 15) is 0 Å². The number of nitrogen functional groups attached to an aromatic ring is 1. The van der Waals surface area contributed by atoms with Crippen molar-refractivity contribution in [3.8, 4) is 11.3 Å². The second-order valence-electron chi connectivity index (χ2n) is 3.01. The van der Waals surface area contributed by atoms with E-state index in [1.165, 1.54) is 0 Å². The molecule has 72 valence electrons. The van der Waals surface area contributed by atoms with Crippen molar-refractivity contribution in [2.75, 3.05) is 5.73 Å². The van der Waals surface area contributed by atoms with Crippen LogP contribution < -0.4 is 5.73 Å². The average molecular weight is 253 g/mol. The Bertz CT molecular complexity index is 448. The highest BCUT2D eigenvalue weighted by Gasteiger charge is 2.10. The van der Waals surface area contributed by atoms with Gasteiger partial charge in [-0.15, -0.1) is 0 Å². The third kappa shape index (κ3) is 1.53. The maximum atomic E-state index is 5.80. The van der Waals surface area contributed by atoms with E-state index in [4.69, 9.17) is 10.3 Å². The first-order chi connectivity index (χ1) is 6.68. The van der Waals surface area contributed by atoms with E-state index >= 15 is 0 Å². The van der Waals surface area contributed by atoms with E-state index in [0.717, 1.165) is 10.0 Å². The van der Waals surface area contributed by atoms with Crippen molar-refractivity contribution < 1.29 is 4.52 Å². The summed E-state index contributed by atoms with van der Waals surface area (Å²) in [7, 11) is 0. The lowest BCUT2D eigenvalue weighted by Gasteiger charge is -1.97. The van der Waals surface area contributed by atoms with Gasteiger partial charge in [-0.1, -0.05) is 33.2 Å². The van der Waals surface area contributed by atoms with Crippen molar-refractivity contribution >= 4 is 21.6 Å². The van der Waals surface area contributed by atoms with Gasteiger partial charge >= 0.3 is 0 Å². The number of benzene rings is 1. The Hall–Kier alpha value is -1.29. The van der Waals surface area contributed by atoms with E-state index in [1.54, 1.807) is 6.92 Å². The molecule has 14 heavy (non-hydrogen) atoms. The predicted molar refractivity (Wildman–Crippen MR) is 58.8 cm³/mol. The zero-order valence-corrected chi connectivity index (χ0v) is 9.21. The zero-order chi connectivity index (χ0) is 10.1. The van der Waals surface area contributed by atoms with Crippen LogP contribution in [0.4, 0.5) is 5.69 Å². The highest BCUT2D eigenvalue weighted by Crippen LogP contribution is 2.27. The minimum atomic E-state index is 0.604. The molecule has 3 nitrogen and oxygen atoms in total. The van der Waals surface area contributed by atoms with Crippen molar-refractivity contribution in [3.63, 3.8) is 0 Å². The number of aromatic nitrogens is 1. The molecule has 0 bridgehead atoms. The lowest BCUT2D eigenvalue weighted by Crippen LogP contribution is -1.88. The first-order valence-electron chi connectivity index (χ1n) is 4.16. The molecule has 0 radical (unpaired) electrons. The second-order valence-corrected chi connectivity index (χ2v) is 3.92. The standard InChI is InChI=1S/C10H9BrN2O/c1-6-9(12)10(13-14-6)7-2-4-8(11)5-3-7/h2-5H,12H2,1H3. The molecule has 0 unspecified atom stereocenters. The molecule has 2 aromatic rings. The molecule has 1 aromatic heterocycles. The molecule has 0 aliphatic heterocycles. The Kier molecular flexibility index (Phi) is 2.29. The Morgan fingerprint density at radius 2 is 1.93 bits per heavy atom. The summed E-state index contributed by atoms with van der Waals surface area (Å²) in [6, 6.07) is 7.77. The van der Waals surface area contributed by atoms with Crippen molar-refractivity contribution in [1.82, 2.24) is 5.16 Å². The normalized spacial score (nSPS) is 10.4. The summed E-state index contributed by atoms with van der Waals surface area (Å²) >= 11 is 3.37. The first-order valence-corrected chi connectivity index (χ1v) is 4.95. The predicted octanol–water partition coefficient (Wildman–Crippen LogP) is 2.99. The fourth-order valence-corrected chi connectivity index (χ4v) is 1.46. The molecule has 4 heteroatoms. The quantitative estimate of drug-likeness (QED) is 0.849. The van der Waals surface area contributed by atoms with Crippen LogP contribution in [-0.4, -0.2) is 5.16 Å². The number of halogens is 1. The smallest absolute Gasteiger partial charge is 0.157 e. The Balaban J connectivity index is 2.49. The summed E-state index contributed by atoms with van der Waals surface area (Å²) < 4.78 is 6.02. The summed E-state index contributed by atoms with van der Waals surface area (Å²) in [4.78, 5) is 0. The lowest BCUT2D eigenvalue weighted by molar-refractivity contribution is 0.400. The van der Waals surface area contributed by atoms with Crippen molar-refractivity contribution in [2.45, 2.75) is 6.92 Å². The molecule has 0 spiro atoms. The SMILES string of the molecule is Cc1onc(-c2ccc(Br)cc2)c1N. The fraction of sp³-hybridized carbons (Fsp3) is 0.100. The van der Waals surface area contributed by atoms with Gasteiger partial charge in [-0.2, -0.15) is 0 Å². The van der Waals surface area contributed by atoms with Crippen molar-refractivity contribution in [1.29, 1.82) is 0 Å². The van der Waals surface area contributed by atoms with Crippen LogP contribution in [0.25, 0.3) is 11.3 Å². The summed E-state index contributed by atoms with van der Waals surface area (Å²) in [6.45, 7) is 1.80. The van der Waals surface area contributed by atoms with Gasteiger partial charge in [0.15, 0.2) is 5.76 Å². The van der Waals surface area contributed by atoms with E-state index < -0.39 is 0 Å². The van der Waals surface area contributed by atoms with Crippen LogP contribution in [0.5, 0.6) is 0 Å². The van der Waals surface area contributed by atoms with Gasteiger partial charge in [-0.05, 0) is 19.1 Å². The van der Waals surface area contributed by atoms with Crippen molar-refractivity contribution in [2.24, 2.45) is 0 Å². The number of nitrogens with zero attached hydrogens (tertiary/aromatic N) is 1. The molecule has 2 rings (SSSR count). The lowest BCUT2D eigenvalue weighted by atomic mass is 10.1. The maximum absolute atomic E-state index is 5.80. The van der Waals surface area contributed by atoms with Crippen LogP contribution in [-0.2, 0) is 0 Å². The third-order valence-corrected chi connectivity index (χ3v) is 2.55. The van der Waals surface area contributed by atoms with Gasteiger partial charge in [-0.25, -0.2) is 0 Å². The van der Waals surface area contributed by atoms with Gasteiger partial charge in [0.25, 0.3) is 0 Å². The Morgan fingerprint density at radius 3 is 2.43 bits per heavy atom. The third-order valence-electron chi connectivity index (χ3n) is 2.03. The molecule has 0 amide bonds. The van der Waals surface area contributed by atoms with E-state index in [0.29, 0.717) is 17.1 Å². The van der Waals surface area contributed by atoms with Crippen LogP contribution in [0.2, 0.25) is 0 Å². The molecule has 0 fully saturated rings. The Morgan fingerprint density at radius 1 is 1.29 bits per heavy atom. The monoisotopic (exact) mass is 252 g/mol. The molecule has 1 aromatic carbocycles. The number of hydrogen-bond donors (Lipinski definition) is 1. The topological polar surface area (TPSA) is 52.0 Å². The van der Waals surface area contributed by atoms with Gasteiger partial charge in [0.05, 0.1) is 0 Å². The molecule has 0 aliphatic carbocycles. The molecular weight excluding hydrogens is 244 g/mol. The highest BCUT2D eigenvalue weighted by molar-refractivity contribution is 9.10. The van der Waals surface area contributed by atoms with Crippen LogP contribution in [0.3, 0.4) is 0 Å². The summed E-state index contributed by atoms with van der Waals surface area (Å²) in [5.74, 6) is 0.655. The number of nitrogens with two attached hydrogens (primary N) is 1. The summed E-state index contributed by atoms with van der Waals surface area (Å²) in [5, 5.41) is 3.90. The number of hydrogen-bond acceptors (Lipinski definition) is 3. The molecule has 0 saturated carbocycles. The van der Waals surface area contributed by atoms with Crippen LogP contribution in [0.15, 0.2) is 33.3 Å². The molecule has 0 aliphatic rings. The zero-order valence-electron chi connectivity index (χ0n) is 7.62. The molecule has 0 saturated heterocycles. The summed E-state index contributed by atoms with van der Waals surface area (Å²) in [6.07, 6.45) is 0. The minimum absolute atomic E-state index is 0.604.